The molecule has 2 rings (SSSR count). The first-order chi connectivity index (χ1) is 8.13. The Morgan fingerprint density at radius 3 is 2.59 bits per heavy atom. The summed E-state index contributed by atoms with van der Waals surface area (Å²) < 4.78 is 0. The van der Waals surface area contributed by atoms with Crippen LogP contribution in [-0.4, -0.2) is 15.0 Å². The molecule has 2 heterocycles. The maximum absolute atomic E-state index is 6.17. The van der Waals surface area contributed by atoms with Gasteiger partial charge in [0.25, 0.3) is 0 Å². The highest BCUT2D eigenvalue weighted by atomic mass is 35.5. The Bertz CT molecular complexity index is 529. The predicted molar refractivity (Wildman–Crippen MR) is 69.1 cm³/mol. The molecule has 0 radical (unpaired) electrons. The van der Waals surface area contributed by atoms with Crippen molar-refractivity contribution in [1.82, 2.24) is 15.0 Å². The summed E-state index contributed by atoms with van der Waals surface area (Å²) >= 11 is 6.17. The van der Waals surface area contributed by atoms with Crippen LogP contribution in [0.4, 0.5) is 0 Å². The molecule has 0 saturated carbocycles. The van der Waals surface area contributed by atoms with Crippen molar-refractivity contribution in [2.24, 2.45) is 0 Å². The monoisotopic (exact) mass is 247 g/mol. The third-order valence-electron chi connectivity index (χ3n) is 2.78. The minimum absolute atomic E-state index is 0.547. The van der Waals surface area contributed by atoms with Gasteiger partial charge in [0.05, 0.1) is 0 Å². The fourth-order valence-electron chi connectivity index (χ4n) is 1.81. The molecule has 0 bridgehead atoms. The average molecular weight is 248 g/mol. The van der Waals surface area contributed by atoms with Gasteiger partial charge in [-0.2, -0.15) is 0 Å². The molecule has 0 atom stereocenters. The number of halogens is 1. The summed E-state index contributed by atoms with van der Waals surface area (Å²) in [7, 11) is 0. The molecule has 0 aliphatic rings. The molecule has 0 aliphatic heterocycles. The van der Waals surface area contributed by atoms with E-state index < -0.39 is 0 Å². The Morgan fingerprint density at radius 2 is 2.00 bits per heavy atom. The fourth-order valence-corrected chi connectivity index (χ4v) is 2.16. The second-order valence-electron chi connectivity index (χ2n) is 3.95. The molecule has 17 heavy (non-hydrogen) atoms. The SMILES string of the molecule is CCc1c(C)nc(-c2ccncc2C)nc1Cl. The molecule has 2 aromatic rings. The zero-order chi connectivity index (χ0) is 12.4. The van der Waals surface area contributed by atoms with Gasteiger partial charge in [0.1, 0.15) is 5.15 Å². The molecular weight excluding hydrogens is 234 g/mol. The van der Waals surface area contributed by atoms with Crippen molar-refractivity contribution < 1.29 is 0 Å². The predicted octanol–water partition coefficient (Wildman–Crippen LogP) is 3.37. The van der Waals surface area contributed by atoms with Gasteiger partial charge in [0, 0.05) is 29.2 Å². The molecule has 4 heteroatoms. The molecule has 0 N–H and O–H groups in total. The quantitative estimate of drug-likeness (QED) is 0.764. The van der Waals surface area contributed by atoms with E-state index in [0.717, 1.165) is 28.8 Å². The highest BCUT2D eigenvalue weighted by molar-refractivity contribution is 6.30. The van der Waals surface area contributed by atoms with Crippen LogP contribution in [0.3, 0.4) is 0 Å². The lowest BCUT2D eigenvalue weighted by Gasteiger charge is -2.09. The van der Waals surface area contributed by atoms with Crippen molar-refractivity contribution in [3.05, 3.63) is 40.4 Å². The minimum atomic E-state index is 0.547. The maximum Gasteiger partial charge on any atom is 0.161 e. The maximum atomic E-state index is 6.17. The number of nitrogens with zero attached hydrogens (tertiary/aromatic N) is 3. The number of aryl methyl sites for hydroxylation is 2. The van der Waals surface area contributed by atoms with Gasteiger partial charge >= 0.3 is 0 Å². The fraction of sp³-hybridized carbons (Fsp3) is 0.308. The Labute approximate surface area is 106 Å². The van der Waals surface area contributed by atoms with Gasteiger partial charge < -0.3 is 0 Å². The van der Waals surface area contributed by atoms with Gasteiger partial charge in [-0.1, -0.05) is 18.5 Å². The number of aromatic nitrogens is 3. The number of rotatable bonds is 2. The Hall–Kier alpha value is -1.48. The topological polar surface area (TPSA) is 38.7 Å². The third-order valence-corrected chi connectivity index (χ3v) is 3.09. The first-order valence-corrected chi connectivity index (χ1v) is 5.95. The van der Waals surface area contributed by atoms with E-state index in [-0.39, 0.29) is 0 Å². The largest absolute Gasteiger partial charge is 0.264 e. The molecule has 0 fully saturated rings. The van der Waals surface area contributed by atoms with E-state index in [0.29, 0.717) is 11.0 Å². The van der Waals surface area contributed by atoms with Crippen molar-refractivity contribution in [3.8, 4) is 11.4 Å². The van der Waals surface area contributed by atoms with Crippen molar-refractivity contribution >= 4 is 11.6 Å². The Balaban J connectivity index is 2.59. The van der Waals surface area contributed by atoms with E-state index in [1.54, 1.807) is 12.4 Å². The molecule has 3 nitrogen and oxygen atoms in total. The van der Waals surface area contributed by atoms with Crippen LogP contribution >= 0.6 is 11.6 Å². The van der Waals surface area contributed by atoms with Crippen molar-refractivity contribution in [1.29, 1.82) is 0 Å². The molecule has 0 spiro atoms. The van der Waals surface area contributed by atoms with Gasteiger partial charge in [-0.3, -0.25) is 4.98 Å². The smallest absolute Gasteiger partial charge is 0.161 e. The van der Waals surface area contributed by atoms with Crippen LogP contribution in [0, 0.1) is 13.8 Å². The van der Waals surface area contributed by atoms with E-state index in [2.05, 4.69) is 21.9 Å². The standard InChI is InChI=1S/C13H14ClN3/c1-4-10-9(3)16-13(17-12(10)14)11-5-6-15-7-8(11)2/h5-7H,4H2,1-3H3. The number of pyridine rings is 1. The zero-order valence-electron chi connectivity index (χ0n) is 10.2. The van der Waals surface area contributed by atoms with Gasteiger partial charge in [0.2, 0.25) is 0 Å². The average Bonchev–Trinajstić information content (AvgIpc) is 2.29. The van der Waals surface area contributed by atoms with Crippen LogP contribution in [0.1, 0.15) is 23.7 Å². The highest BCUT2D eigenvalue weighted by Gasteiger charge is 2.11. The van der Waals surface area contributed by atoms with E-state index >= 15 is 0 Å². The van der Waals surface area contributed by atoms with E-state index in [1.807, 2.05) is 19.9 Å². The summed E-state index contributed by atoms with van der Waals surface area (Å²) in [5.74, 6) is 0.671. The van der Waals surface area contributed by atoms with Crippen LogP contribution in [0.15, 0.2) is 18.5 Å². The Kier molecular flexibility index (Phi) is 3.38. The number of hydrogen-bond donors (Lipinski definition) is 0. The minimum Gasteiger partial charge on any atom is -0.264 e. The van der Waals surface area contributed by atoms with E-state index in [9.17, 15) is 0 Å². The van der Waals surface area contributed by atoms with Crippen molar-refractivity contribution in [3.63, 3.8) is 0 Å². The zero-order valence-corrected chi connectivity index (χ0v) is 10.9. The summed E-state index contributed by atoms with van der Waals surface area (Å²) in [5.41, 5.74) is 3.99. The molecule has 0 amide bonds. The summed E-state index contributed by atoms with van der Waals surface area (Å²) in [6, 6.07) is 1.91. The van der Waals surface area contributed by atoms with Crippen LogP contribution < -0.4 is 0 Å². The molecule has 0 saturated heterocycles. The summed E-state index contributed by atoms with van der Waals surface area (Å²) in [6.45, 7) is 6.00. The Morgan fingerprint density at radius 1 is 1.24 bits per heavy atom. The first kappa shape index (κ1) is 12.0. The first-order valence-electron chi connectivity index (χ1n) is 5.57. The van der Waals surface area contributed by atoms with Crippen LogP contribution in [0.2, 0.25) is 5.15 Å². The lowest BCUT2D eigenvalue weighted by atomic mass is 10.1. The van der Waals surface area contributed by atoms with E-state index in [1.165, 1.54) is 0 Å². The molecule has 0 aliphatic carbocycles. The lowest BCUT2D eigenvalue weighted by molar-refractivity contribution is 0.999. The molecule has 2 aromatic heterocycles. The van der Waals surface area contributed by atoms with E-state index in [4.69, 9.17) is 11.6 Å². The second kappa shape index (κ2) is 4.80. The third kappa shape index (κ3) is 2.29. The lowest BCUT2D eigenvalue weighted by Crippen LogP contribution is -2.00. The normalized spacial score (nSPS) is 10.6. The number of hydrogen-bond acceptors (Lipinski definition) is 3. The molecule has 88 valence electrons. The van der Waals surface area contributed by atoms with Crippen LogP contribution in [0.25, 0.3) is 11.4 Å². The van der Waals surface area contributed by atoms with Crippen LogP contribution in [0.5, 0.6) is 0 Å². The van der Waals surface area contributed by atoms with Gasteiger partial charge in [-0.05, 0) is 31.9 Å². The molecular formula is C13H14ClN3. The highest BCUT2D eigenvalue weighted by Crippen LogP contribution is 2.24. The van der Waals surface area contributed by atoms with Crippen molar-refractivity contribution in [2.45, 2.75) is 27.2 Å². The van der Waals surface area contributed by atoms with Gasteiger partial charge in [0.15, 0.2) is 5.82 Å². The van der Waals surface area contributed by atoms with Gasteiger partial charge in [-0.25, -0.2) is 9.97 Å². The summed E-state index contributed by atoms with van der Waals surface area (Å²) in [5, 5.41) is 0.547. The summed E-state index contributed by atoms with van der Waals surface area (Å²) in [6.07, 6.45) is 4.39. The van der Waals surface area contributed by atoms with Crippen LogP contribution in [-0.2, 0) is 6.42 Å². The summed E-state index contributed by atoms with van der Waals surface area (Å²) in [4.78, 5) is 12.9. The molecule has 0 unspecified atom stereocenters. The van der Waals surface area contributed by atoms with Crippen molar-refractivity contribution in [2.75, 3.05) is 0 Å². The van der Waals surface area contributed by atoms with Gasteiger partial charge in [-0.15, -0.1) is 0 Å². The second-order valence-corrected chi connectivity index (χ2v) is 4.30. The molecule has 0 aromatic carbocycles.